The van der Waals surface area contributed by atoms with E-state index in [-0.39, 0.29) is 11.2 Å². The van der Waals surface area contributed by atoms with Crippen LogP contribution in [0.25, 0.3) is 0 Å². The van der Waals surface area contributed by atoms with Crippen molar-refractivity contribution in [2.75, 3.05) is 37.4 Å². The van der Waals surface area contributed by atoms with E-state index in [2.05, 4.69) is 19.9 Å². The second-order valence-electron chi connectivity index (χ2n) is 4.15. The van der Waals surface area contributed by atoms with Gasteiger partial charge in [-0.25, -0.2) is 0 Å². The Balaban J connectivity index is 2.00. The lowest BCUT2D eigenvalue weighted by molar-refractivity contribution is 0.139. The normalized spacial score (nSPS) is 17.4. The highest BCUT2D eigenvalue weighted by Gasteiger charge is 2.21. The van der Waals surface area contributed by atoms with Crippen molar-refractivity contribution < 1.29 is 4.74 Å². The van der Waals surface area contributed by atoms with Gasteiger partial charge in [0.05, 0.1) is 0 Å². The van der Waals surface area contributed by atoms with E-state index >= 15 is 0 Å². The summed E-state index contributed by atoms with van der Waals surface area (Å²) in [6, 6.07) is 0. The Bertz CT molecular complexity index is 361. The van der Waals surface area contributed by atoms with Crippen LogP contribution in [0.1, 0.15) is 12.8 Å². The molecule has 0 amide bonds. The largest absolute Gasteiger partial charge is 0.384 e. The minimum Gasteiger partial charge on any atom is -0.384 e. The van der Waals surface area contributed by atoms with Crippen molar-refractivity contribution in [2.45, 2.75) is 12.8 Å². The van der Waals surface area contributed by atoms with Crippen molar-refractivity contribution in [2.24, 2.45) is 5.92 Å². The maximum Gasteiger partial charge on any atom is 0.231 e. The highest BCUT2D eigenvalue weighted by Crippen LogP contribution is 2.21. The molecule has 7 heteroatoms. The lowest BCUT2D eigenvalue weighted by atomic mass is 9.98. The van der Waals surface area contributed by atoms with E-state index in [4.69, 9.17) is 22.1 Å². The molecular weight excluding hydrogens is 242 g/mol. The van der Waals surface area contributed by atoms with Crippen LogP contribution in [-0.2, 0) is 4.74 Å². The van der Waals surface area contributed by atoms with Gasteiger partial charge in [0, 0.05) is 26.8 Å². The van der Waals surface area contributed by atoms with Crippen LogP contribution in [0.5, 0.6) is 0 Å². The molecule has 0 bridgehead atoms. The molecule has 17 heavy (non-hydrogen) atoms. The van der Waals surface area contributed by atoms with Gasteiger partial charge in [0.25, 0.3) is 0 Å². The average Bonchev–Trinajstić information content (AvgIpc) is 2.29. The van der Waals surface area contributed by atoms with Crippen molar-refractivity contribution in [3.8, 4) is 0 Å². The average molecular weight is 258 g/mol. The van der Waals surface area contributed by atoms with Crippen LogP contribution >= 0.6 is 11.6 Å². The van der Waals surface area contributed by atoms with Gasteiger partial charge in [-0.05, 0) is 30.4 Å². The molecule has 0 spiro atoms. The van der Waals surface area contributed by atoms with Gasteiger partial charge in [0.15, 0.2) is 0 Å². The third-order valence-electron chi connectivity index (χ3n) is 2.91. The molecule has 2 N–H and O–H groups in total. The zero-order valence-electron chi connectivity index (χ0n) is 9.77. The van der Waals surface area contributed by atoms with Crippen molar-refractivity contribution in [1.29, 1.82) is 0 Å². The van der Waals surface area contributed by atoms with Gasteiger partial charge in [0.2, 0.25) is 17.2 Å². The number of hydrogen-bond acceptors (Lipinski definition) is 6. The summed E-state index contributed by atoms with van der Waals surface area (Å²) in [4.78, 5) is 14.0. The molecule has 1 aromatic heterocycles. The topological polar surface area (TPSA) is 77.2 Å². The zero-order valence-corrected chi connectivity index (χ0v) is 10.5. The van der Waals surface area contributed by atoms with Gasteiger partial charge in [-0.15, -0.1) is 0 Å². The molecule has 6 nitrogen and oxygen atoms in total. The molecule has 1 saturated heterocycles. The Hall–Kier alpha value is -1.14. The van der Waals surface area contributed by atoms with Crippen molar-refractivity contribution in [3.63, 3.8) is 0 Å². The molecule has 0 atom stereocenters. The maximum absolute atomic E-state index is 5.76. The van der Waals surface area contributed by atoms with Gasteiger partial charge in [-0.3, -0.25) is 0 Å². The highest BCUT2D eigenvalue weighted by atomic mass is 35.5. The number of nitrogen functional groups attached to an aromatic ring is 1. The van der Waals surface area contributed by atoms with Crippen LogP contribution in [0.4, 0.5) is 11.9 Å². The predicted octanol–water partition coefficient (Wildman–Crippen LogP) is 0.970. The van der Waals surface area contributed by atoms with E-state index in [0.29, 0.717) is 11.9 Å². The molecule has 0 unspecified atom stereocenters. The lowest BCUT2D eigenvalue weighted by Crippen LogP contribution is -2.36. The van der Waals surface area contributed by atoms with E-state index in [9.17, 15) is 0 Å². The van der Waals surface area contributed by atoms with E-state index in [1.54, 1.807) is 7.11 Å². The fourth-order valence-corrected chi connectivity index (χ4v) is 2.19. The van der Waals surface area contributed by atoms with E-state index in [1.807, 2.05) is 0 Å². The Morgan fingerprint density at radius 2 is 2.06 bits per heavy atom. The third kappa shape index (κ3) is 3.17. The molecule has 94 valence electrons. The summed E-state index contributed by atoms with van der Waals surface area (Å²) in [5, 5.41) is 0.145. The molecule has 1 aliphatic heterocycles. The number of nitrogens with zero attached hydrogens (tertiary/aromatic N) is 4. The van der Waals surface area contributed by atoms with Gasteiger partial charge < -0.3 is 15.4 Å². The number of methoxy groups -OCH3 is 1. The summed E-state index contributed by atoms with van der Waals surface area (Å²) in [5.74, 6) is 1.35. The van der Waals surface area contributed by atoms with Crippen molar-refractivity contribution in [3.05, 3.63) is 5.28 Å². The smallest absolute Gasteiger partial charge is 0.231 e. The van der Waals surface area contributed by atoms with Gasteiger partial charge in [-0.1, -0.05) is 0 Å². The number of piperidine rings is 1. The Kier molecular flexibility index (Phi) is 3.96. The van der Waals surface area contributed by atoms with Crippen LogP contribution in [0.3, 0.4) is 0 Å². The van der Waals surface area contributed by atoms with E-state index < -0.39 is 0 Å². The van der Waals surface area contributed by atoms with Crippen LogP contribution in [-0.4, -0.2) is 41.8 Å². The van der Waals surface area contributed by atoms with E-state index in [0.717, 1.165) is 32.5 Å². The SMILES string of the molecule is COCC1CCN(c2nc(N)nc(Cl)n2)CC1. The summed E-state index contributed by atoms with van der Waals surface area (Å²) in [6.07, 6.45) is 2.13. The molecule has 0 radical (unpaired) electrons. The summed E-state index contributed by atoms with van der Waals surface area (Å²) < 4.78 is 5.16. The molecule has 0 aromatic carbocycles. The molecule has 0 saturated carbocycles. The number of rotatable bonds is 3. The van der Waals surface area contributed by atoms with Crippen molar-refractivity contribution in [1.82, 2.24) is 15.0 Å². The number of aromatic nitrogens is 3. The van der Waals surface area contributed by atoms with Crippen LogP contribution in [0.15, 0.2) is 0 Å². The second-order valence-corrected chi connectivity index (χ2v) is 4.49. The molecule has 0 aliphatic carbocycles. The Morgan fingerprint density at radius 1 is 1.35 bits per heavy atom. The number of hydrogen-bond donors (Lipinski definition) is 1. The first-order chi connectivity index (χ1) is 8.19. The first-order valence-electron chi connectivity index (χ1n) is 5.60. The minimum atomic E-state index is 0.145. The highest BCUT2D eigenvalue weighted by molar-refractivity contribution is 6.28. The summed E-state index contributed by atoms with van der Waals surface area (Å²) in [5.41, 5.74) is 5.55. The van der Waals surface area contributed by atoms with Crippen molar-refractivity contribution >= 4 is 23.5 Å². The van der Waals surface area contributed by atoms with Gasteiger partial charge in [0.1, 0.15) is 0 Å². The van der Waals surface area contributed by atoms with Gasteiger partial charge >= 0.3 is 0 Å². The van der Waals surface area contributed by atoms with Crippen LogP contribution < -0.4 is 10.6 Å². The third-order valence-corrected chi connectivity index (χ3v) is 3.08. The molecule has 1 aliphatic rings. The summed E-state index contributed by atoms with van der Waals surface area (Å²) in [7, 11) is 1.73. The molecule has 1 aromatic rings. The first-order valence-corrected chi connectivity index (χ1v) is 5.97. The predicted molar refractivity (Wildman–Crippen MR) is 66.1 cm³/mol. The van der Waals surface area contributed by atoms with Gasteiger partial charge in [-0.2, -0.15) is 15.0 Å². The quantitative estimate of drug-likeness (QED) is 0.870. The number of ether oxygens (including phenoxy) is 1. The molecule has 1 fully saturated rings. The van der Waals surface area contributed by atoms with Crippen LogP contribution in [0, 0.1) is 5.92 Å². The zero-order chi connectivity index (χ0) is 12.3. The minimum absolute atomic E-state index is 0.145. The Labute approximate surface area is 105 Å². The number of anilines is 2. The van der Waals surface area contributed by atoms with Crippen LogP contribution in [0.2, 0.25) is 5.28 Å². The first kappa shape index (κ1) is 12.3. The second kappa shape index (κ2) is 5.46. The molecular formula is C10H16ClN5O. The summed E-state index contributed by atoms with van der Waals surface area (Å²) >= 11 is 5.76. The number of nitrogens with two attached hydrogens (primary N) is 1. The fourth-order valence-electron chi connectivity index (χ4n) is 2.03. The van der Waals surface area contributed by atoms with E-state index in [1.165, 1.54) is 0 Å². The lowest BCUT2D eigenvalue weighted by Gasteiger charge is -2.31. The maximum atomic E-state index is 5.76. The summed E-state index contributed by atoms with van der Waals surface area (Å²) in [6.45, 7) is 2.61. The standard InChI is InChI=1S/C10H16ClN5O/c1-17-6-7-2-4-16(5-3-7)10-14-8(11)13-9(12)15-10/h7H,2-6H2,1H3,(H2,12,13,14,15). The fraction of sp³-hybridized carbons (Fsp3) is 0.700. The Morgan fingerprint density at radius 3 is 2.65 bits per heavy atom. The monoisotopic (exact) mass is 257 g/mol. The molecule has 2 rings (SSSR count). The number of halogens is 1. The molecule has 2 heterocycles.